The lowest BCUT2D eigenvalue weighted by molar-refractivity contribution is -0.141. The van der Waals surface area contributed by atoms with E-state index in [1.54, 1.807) is 20.2 Å². The van der Waals surface area contributed by atoms with Gasteiger partial charge < -0.3 is 9.47 Å². The summed E-state index contributed by atoms with van der Waals surface area (Å²) in [5.74, 6) is 0.135. The Hall–Kier alpha value is -2.43. The molecule has 0 aliphatic carbocycles. The number of aliphatic imine (C=N–C) groups is 1. The van der Waals surface area contributed by atoms with Gasteiger partial charge in [0.1, 0.15) is 6.54 Å². The maximum Gasteiger partial charge on any atom is 0.327 e. The molecule has 5 nitrogen and oxygen atoms in total. The second-order valence-corrected chi connectivity index (χ2v) is 4.56. The molecule has 0 saturated carbocycles. The molecule has 0 atom stereocenters. The number of ether oxygens (including phenoxy) is 2. The fourth-order valence-electron chi connectivity index (χ4n) is 1.98. The quantitative estimate of drug-likeness (QED) is 0.626. The lowest BCUT2D eigenvalue weighted by Crippen LogP contribution is -2.07. The fraction of sp³-hybridized carbons (Fsp3) is 0.312. The summed E-state index contributed by atoms with van der Waals surface area (Å²) in [7, 11) is 1.56. The molecule has 1 aromatic heterocycles. The Morgan fingerprint density at radius 2 is 2.19 bits per heavy atom. The van der Waals surface area contributed by atoms with E-state index in [2.05, 4.69) is 9.98 Å². The SMILES string of the molecule is CCOC(=O)CN=Cc1cc2cc(C)ccc2nc1OC. The summed E-state index contributed by atoms with van der Waals surface area (Å²) < 4.78 is 10.1. The monoisotopic (exact) mass is 286 g/mol. The van der Waals surface area contributed by atoms with Crippen molar-refractivity contribution >= 4 is 23.1 Å². The predicted octanol–water partition coefficient (Wildman–Crippen LogP) is 2.53. The van der Waals surface area contributed by atoms with Gasteiger partial charge in [0.2, 0.25) is 5.88 Å². The molecular weight excluding hydrogens is 268 g/mol. The topological polar surface area (TPSA) is 60.8 Å². The number of nitrogens with zero attached hydrogens (tertiary/aromatic N) is 2. The Labute approximate surface area is 123 Å². The number of hydrogen-bond acceptors (Lipinski definition) is 5. The van der Waals surface area contributed by atoms with Gasteiger partial charge in [-0.1, -0.05) is 11.6 Å². The van der Waals surface area contributed by atoms with Crippen LogP contribution < -0.4 is 4.74 Å². The minimum Gasteiger partial charge on any atom is -0.481 e. The number of esters is 1. The summed E-state index contributed by atoms with van der Waals surface area (Å²) in [5, 5.41) is 1.01. The molecule has 5 heteroatoms. The predicted molar refractivity (Wildman–Crippen MR) is 82.1 cm³/mol. The van der Waals surface area contributed by atoms with Crippen LogP contribution in [0.2, 0.25) is 0 Å². The van der Waals surface area contributed by atoms with Gasteiger partial charge in [0.05, 0.1) is 24.8 Å². The van der Waals surface area contributed by atoms with Gasteiger partial charge in [-0.05, 0) is 32.0 Å². The van der Waals surface area contributed by atoms with Gasteiger partial charge in [-0.3, -0.25) is 9.79 Å². The van der Waals surface area contributed by atoms with E-state index < -0.39 is 0 Å². The van der Waals surface area contributed by atoms with Crippen LogP contribution in [-0.2, 0) is 9.53 Å². The molecule has 0 radical (unpaired) electrons. The molecule has 0 spiro atoms. The highest BCUT2D eigenvalue weighted by atomic mass is 16.5. The Bertz CT molecular complexity index is 681. The van der Waals surface area contributed by atoms with E-state index >= 15 is 0 Å². The molecule has 0 aliphatic heterocycles. The first-order valence-corrected chi connectivity index (χ1v) is 6.75. The van der Waals surface area contributed by atoms with Crippen LogP contribution in [0.5, 0.6) is 5.88 Å². The van der Waals surface area contributed by atoms with Gasteiger partial charge in [0, 0.05) is 11.6 Å². The zero-order chi connectivity index (χ0) is 15.2. The normalized spacial score (nSPS) is 11.0. The van der Waals surface area contributed by atoms with Crippen LogP contribution >= 0.6 is 0 Å². The number of carbonyl (C=O) groups excluding carboxylic acids is 1. The van der Waals surface area contributed by atoms with Crippen molar-refractivity contribution in [3.8, 4) is 5.88 Å². The van der Waals surface area contributed by atoms with Crippen LogP contribution in [0.25, 0.3) is 10.9 Å². The number of benzene rings is 1. The first-order chi connectivity index (χ1) is 10.1. The summed E-state index contributed by atoms with van der Waals surface area (Å²) in [6, 6.07) is 7.95. The first-order valence-electron chi connectivity index (χ1n) is 6.75. The molecule has 2 aromatic rings. The minimum atomic E-state index is -0.350. The molecule has 21 heavy (non-hydrogen) atoms. The van der Waals surface area contributed by atoms with Crippen molar-refractivity contribution in [3.63, 3.8) is 0 Å². The first kappa shape index (κ1) is 15.0. The van der Waals surface area contributed by atoms with Crippen LogP contribution in [0.15, 0.2) is 29.3 Å². The number of pyridine rings is 1. The summed E-state index contributed by atoms with van der Waals surface area (Å²) in [4.78, 5) is 19.8. The van der Waals surface area contributed by atoms with Crippen molar-refractivity contribution in [2.45, 2.75) is 13.8 Å². The average Bonchev–Trinajstić information content (AvgIpc) is 2.46. The highest BCUT2D eigenvalue weighted by Gasteiger charge is 2.06. The van der Waals surface area contributed by atoms with Crippen molar-refractivity contribution < 1.29 is 14.3 Å². The van der Waals surface area contributed by atoms with Gasteiger partial charge in [0.15, 0.2) is 0 Å². The highest BCUT2D eigenvalue weighted by Crippen LogP contribution is 2.21. The molecule has 110 valence electrons. The van der Waals surface area contributed by atoms with Gasteiger partial charge >= 0.3 is 5.97 Å². The van der Waals surface area contributed by atoms with Crippen molar-refractivity contribution in [3.05, 3.63) is 35.4 Å². The Morgan fingerprint density at radius 3 is 2.90 bits per heavy atom. The molecule has 0 bridgehead atoms. The molecule has 0 amide bonds. The standard InChI is InChI=1S/C16H18N2O3/c1-4-21-15(19)10-17-9-13-8-12-7-11(2)5-6-14(12)18-16(13)20-3/h5-9H,4,10H2,1-3H3. The van der Waals surface area contributed by atoms with Gasteiger partial charge in [-0.25, -0.2) is 4.98 Å². The van der Waals surface area contributed by atoms with Crippen molar-refractivity contribution in [2.75, 3.05) is 20.3 Å². The van der Waals surface area contributed by atoms with E-state index in [1.165, 1.54) is 0 Å². The minimum absolute atomic E-state index is 0.0111. The Kier molecular flexibility index (Phi) is 4.87. The number of fused-ring (bicyclic) bond motifs is 1. The third-order valence-corrected chi connectivity index (χ3v) is 2.91. The largest absolute Gasteiger partial charge is 0.481 e. The smallest absolute Gasteiger partial charge is 0.327 e. The molecule has 2 rings (SSSR count). The molecule has 1 heterocycles. The molecule has 0 saturated heterocycles. The lowest BCUT2D eigenvalue weighted by Gasteiger charge is -2.06. The zero-order valence-electron chi connectivity index (χ0n) is 12.4. The van der Waals surface area contributed by atoms with Gasteiger partial charge in [-0.15, -0.1) is 0 Å². The Balaban J connectivity index is 2.29. The molecular formula is C16H18N2O3. The molecule has 1 aromatic carbocycles. The maximum absolute atomic E-state index is 11.3. The number of aromatic nitrogens is 1. The summed E-state index contributed by atoms with van der Waals surface area (Å²) in [6.45, 7) is 4.13. The van der Waals surface area contributed by atoms with Crippen molar-refractivity contribution in [2.24, 2.45) is 4.99 Å². The summed E-state index contributed by atoms with van der Waals surface area (Å²) >= 11 is 0. The van der Waals surface area contributed by atoms with Gasteiger partial charge in [-0.2, -0.15) is 0 Å². The van der Waals surface area contributed by atoms with Crippen LogP contribution in [0.1, 0.15) is 18.1 Å². The molecule has 0 unspecified atom stereocenters. The van der Waals surface area contributed by atoms with E-state index in [1.807, 2.05) is 31.2 Å². The molecule has 0 fully saturated rings. The molecule has 0 aliphatic rings. The van der Waals surface area contributed by atoms with E-state index in [0.29, 0.717) is 12.5 Å². The van der Waals surface area contributed by atoms with E-state index in [4.69, 9.17) is 9.47 Å². The number of aryl methyl sites for hydroxylation is 1. The van der Waals surface area contributed by atoms with Crippen LogP contribution in [0.4, 0.5) is 0 Å². The van der Waals surface area contributed by atoms with E-state index in [0.717, 1.165) is 22.0 Å². The van der Waals surface area contributed by atoms with Crippen LogP contribution in [0, 0.1) is 6.92 Å². The lowest BCUT2D eigenvalue weighted by atomic mass is 10.1. The second kappa shape index (κ2) is 6.83. The van der Waals surface area contributed by atoms with E-state index in [9.17, 15) is 4.79 Å². The summed E-state index contributed by atoms with van der Waals surface area (Å²) in [5.41, 5.74) is 2.75. The van der Waals surface area contributed by atoms with Crippen molar-refractivity contribution in [1.82, 2.24) is 4.98 Å². The average molecular weight is 286 g/mol. The number of methoxy groups -OCH3 is 1. The van der Waals surface area contributed by atoms with E-state index in [-0.39, 0.29) is 12.5 Å². The zero-order valence-corrected chi connectivity index (χ0v) is 12.4. The molecule has 0 N–H and O–H groups in total. The van der Waals surface area contributed by atoms with Crippen LogP contribution in [0.3, 0.4) is 0 Å². The highest BCUT2D eigenvalue weighted by molar-refractivity contribution is 5.91. The third kappa shape index (κ3) is 3.78. The summed E-state index contributed by atoms with van der Waals surface area (Å²) in [6.07, 6.45) is 1.59. The fourth-order valence-corrected chi connectivity index (χ4v) is 1.98. The maximum atomic E-state index is 11.3. The second-order valence-electron chi connectivity index (χ2n) is 4.56. The van der Waals surface area contributed by atoms with Crippen LogP contribution in [-0.4, -0.2) is 37.4 Å². The number of rotatable bonds is 5. The Morgan fingerprint density at radius 1 is 1.38 bits per heavy atom. The third-order valence-electron chi connectivity index (χ3n) is 2.91. The number of carbonyl (C=O) groups is 1. The number of hydrogen-bond donors (Lipinski definition) is 0. The van der Waals surface area contributed by atoms with Crippen molar-refractivity contribution in [1.29, 1.82) is 0 Å². The van der Waals surface area contributed by atoms with Gasteiger partial charge in [0.25, 0.3) is 0 Å².